The minimum absolute atomic E-state index is 0.131. The Morgan fingerprint density at radius 2 is 2.04 bits per heavy atom. The van der Waals surface area contributed by atoms with Crippen LogP contribution in [0.25, 0.3) is 10.9 Å². The normalized spacial score (nSPS) is 13.8. The van der Waals surface area contributed by atoms with Gasteiger partial charge in [0.1, 0.15) is 0 Å². The van der Waals surface area contributed by atoms with Crippen LogP contribution in [0.3, 0.4) is 0 Å². The number of nitrogens with zero attached hydrogens (tertiary/aromatic N) is 1. The van der Waals surface area contributed by atoms with E-state index in [1.165, 1.54) is 0 Å². The largest absolute Gasteiger partial charge is 0.454 e. The summed E-state index contributed by atoms with van der Waals surface area (Å²) in [5, 5.41) is 14.2. The summed E-state index contributed by atoms with van der Waals surface area (Å²) in [6, 6.07) is 12.8. The Balaban J connectivity index is 1.43. The molecule has 128 valence electrons. The SMILES string of the molecule is Cn1ccc2cc([C@H](O)CNC(=O)c3ccc4c(c3)OCO4)ccc21. The minimum atomic E-state index is -0.775. The summed E-state index contributed by atoms with van der Waals surface area (Å²) in [7, 11) is 1.98. The first-order valence-corrected chi connectivity index (χ1v) is 8.03. The maximum Gasteiger partial charge on any atom is 0.251 e. The van der Waals surface area contributed by atoms with Crippen molar-refractivity contribution in [1.29, 1.82) is 0 Å². The van der Waals surface area contributed by atoms with Crippen molar-refractivity contribution in [3.63, 3.8) is 0 Å². The van der Waals surface area contributed by atoms with Crippen molar-refractivity contribution >= 4 is 16.8 Å². The highest BCUT2D eigenvalue weighted by Gasteiger charge is 2.17. The molecule has 2 N–H and O–H groups in total. The van der Waals surface area contributed by atoms with E-state index in [0.717, 1.165) is 16.5 Å². The number of amides is 1. The van der Waals surface area contributed by atoms with E-state index in [4.69, 9.17) is 9.47 Å². The van der Waals surface area contributed by atoms with E-state index >= 15 is 0 Å². The molecule has 0 unspecified atom stereocenters. The van der Waals surface area contributed by atoms with Crippen LogP contribution in [-0.4, -0.2) is 28.9 Å². The molecular formula is C19H18N2O4. The van der Waals surface area contributed by atoms with Gasteiger partial charge in [-0.15, -0.1) is 0 Å². The number of carbonyl (C=O) groups is 1. The zero-order chi connectivity index (χ0) is 17.4. The maximum atomic E-state index is 12.3. The van der Waals surface area contributed by atoms with Gasteiger partial charge in [0.2, 0.25) is 6.79 Å². The number of benzene rings is 2. The van der Waals surface area contributed by atoms with Crippen molar-refractivity contribution in [2.75, 3.05) is 13.3 Å². The molecule has 2 heterocycles. The van der Waals surface area contributed by atoms with E-state index < -0.39 is 6.10 Å². The molecule has 0 radical (unpaired) electrons. The average Bonchev–Trinajstić information content (AvgIpc) is 3.25. The number of aliphatic hydroxyl groups excluding tert-OH is 1. The number of hydrogen-bond donors (Lipinski definition) is 2. The van der Waals surface area contributed by atoms with Crippen molar-refractivity contribution in [3.8, 4) is 11.5 Å². The molecule has 0 fully saturated rings. The van der Waals surface area contributed by atoms with Gasteiger partial charge >= 0.3 is 0 Å². The molecule has 1 aliphatic rings. The number of carbonyl (C=O) groups excluding carboxylic acids is 1. The Hall–Kier alpha value is -2.99. The van der Waals surface area contributed by atoms with E-state index in [0.29, 0.717) is 17.1 Å². The molecule has 0 spiro atoms. The number of fused-ring (bicyclic) bond motifs is 2. The lowest BCUT2D eigenvalue weighted by atomic mass is 10.1. The second kappa shape index (κ2) is 6.14. The molecule has 0 bridgehead atoms. The molecule has 25 heavy (non-hydrogen) atoms. The fourth-order valence-electron chi connectivity index (χ4n) is 2.95. The molecule has 1 aromatic heterocycles. The van der Waals surface area contributed by atoms with E-state index in [1.54, 1.807) is 18.2 Å². The van der Waals surface area contributed by atoms with Gasteiger partial charge in [-0.2, -0.15) is 0 Å². The number of aromatic nitrogens is 1. The summed E-state index contributed by atoms with van der Waals surface area (Å²) in [5.74, 6) is 0.925. The fraction of sp³-hybridized carbons (Fsp3) is 0.211. The summed E-state index contributed by atoms with van der Waals surface area (Å²) in [5.41, 5.74) is 2.33. The molecule has 1 aliphatic heterocycles. The number of nitrogens with one attached hydrogen (secondary N) is 1. The summed E-state index contributed by atoms with van der Waals surface area (Å²) in [6.45, 7) is 0.298. The van der Waals surface area contributed by atoms with Crippen LogP contribution in [0.1, 0.15) is 22.0 Å². The summed E-state index contributed by atoms with van der Waals surface area (Å²) in [6.07, 6.45) is 1.20. The monoisotopic (exact) mass is 338 g/mol. The lowest BCUT2D eigenvalue weighted by Crippen LogP contribution is -2.28. The van der Waals surface area contributed by atoms with Crippen molar-refractivity contribution in [2.24, 2.45) is 7.05 Å². The van der Waals surface area contributed by atoms with E-state index in [2.05, 4.69) is 5.32 Å². The third-order valence-corrected chi connectivity index (χ3v) is 4.38. The van der Waals surface area contributed by atoms with Crippen LogP contribution in [0.4, 0.5) is 0 Å². The molecule has 0 saturated carbocycles. The molecule has 0 aliphatic carbocycles. The predicted molar refractivity (Wildman–Crippen MR) is 92.8 cm³/mol. The highest BCUT2D eigenvalue weighted by Crippen LogP contribution is 2.32. The van der Waals surface area contributed by atoms with Crippen molar-refractivity contribution < 1.29 is 19.4 Å². The van der Waals surface area contributed by atoms with E-state index in [-0.39, 0.29) is 19.2 Å². The third-order valence-electron chi connectivity index (χ3n) is 4.38. The highest BCUT2D eigenvalue weighted by atomic mass is 16.7. The molecule has 1 atom stereocenters. The molecular weight excluding hydrogens is 320 g/mol. The van der Waals surface area contributed by atoms with Crippen LogP contribution in [0.2, 0.25) is 0 Å². The smallest absolute Gasteiger partial charge is 0.251 e. The van der Waals surface area contributed by atoms with Crippen molar-refractivity contribution in [2.45, 2.75) is 6.10 Å². The summed E-state index contributed by atoms with van der Waals surface area (Å²) >= 11 is 0. The standard InChI is InChI=1S/C19H18N2O4/c1-21-7-6-12-8-13(2-4-15(12)21)16(22)10-20-19(23)14-3-5-17-18(9-14)25-11-24-17/h2-9,16,22H,10-11H2,1H3,(H,20,23)/t16-/m1/s1. The van der Waals surface area contributed by atoms with Crippen molar-refractivity contribution in [3.05, 3.63) is 59.8 Å². The Labute approximate surface area is 144 Å². The first kappa shape index (κ1) is 15.5. The number of rotatable bonds is 4. The molecule has 1 amide bonds. The van der Waals surface area contributed by atoms with E-state index in [1.807, 2.05) is 42.1 Å². The summed E-state index contributed by atoms with van der Waals surface area (Å²) < 4.78 is 12.5. The van der Waals surface area contributed by atoms with Gasteiger partial charge in [0.15, 0.2) is 11.5 Å². The van der Waals surface area contributed by atoms with Gasteiger partial charge < -0.3 is 24.5 Å². The second-order valence-corrected chi connectivity index (χ2v) is 6.04. The zero-order valence-electron chi connectivity index (χ0n) is 13.7. The summed E-state index contributed by atoms with van der Waals surface area (Å²) in [4.78, 5) is 12.3. The maximum absolute atomic E-state index is 12.3. The number of ether oxygens (including phenoxy) is 2. The van der Waals surface area contributed by atoms with Crippen LogP contribution in [0.15, 0.2) is 48.7 Å². The Bertz CT molecular complexity index is 948. The Kier molecular flexibility index (Phi) is 3.82. The first-order valence-electron chi connectivity index (χ1n) is 8.03. The van der Waals surface area contributed by atoms with Gasteiger partial charge in [0, 0.05) is 30.9 Å². The predicted octanol–water partition coefficient (Wildman–Crippen LogP) is 2.37. The van der Waals surface area contributed by atoms with Gasteiger partial charge in [-0.05, 0) is 47.3 Å². The molecule has 2 aromatic carbocycles. The molecule has 0 saturated heterocycles. The molecule has 6 nitrogen and oxygen atoms in total. The number of hydrogen-bond acceptors (Lipinski definition) is 4. The van der Waals surface area contributed by atoms with Crippen LogP contribution in [-0.2, 0) is 7.05 Å². The average molecular weight is 338 g/mol. The first-order chi connectivity index (χ1) is 12.1. The lowest BCUT2D eigenvalue weighted by Gasteiger charge is -2.13. The topological polar surface area (TPSA) is 72.7 Å². The van der Waals surface area contributed by atoms with Gasteiger partial charge in [-0.1, -0.05) is 6.07 Å². The zero-order valence-corrected chi connectivity index (χ0v) is 13.7. The quantitative estimate of drug-likeness (QED) is 0.766. The number of aliphatic hydroxyl groups is 1. The van der Waals surface area contributed by atoms with E-state index in [9.17, 15) is 9.90 Å². The van der Waals surface area contributed by atoms with Crippen LogP contribution in [0, 0.1) is 0 Å². The van der Waals surface area contributed by atoms with Crippen LogP contribution < -0.4 is 14.8 Å². The Morgan fingerprint density at radius 1 is 1.20 bits per heavy atom. The molecule has 6 heteroatoms. The Morgan fingerprint density at radius 3 is 2.92 bits per heavy atom. The lowest BCUT2D eigenvalue weighted by molar-refractivity contribution is 0.0916. The van der Waals surface area contributed by atoms with Gasteiger partial charge in [-0.25, -0.2) is 0 Å². The molecule has 3 aromatic rings. The fourth-order valence-corrected chi connectivity index (χ4v) is 2.95. The van der Waals surface area contributed by atoms with Crippen LogP contribution in [0.5, 0.6) is 11.5 Å². The molecule has 4 rings (SSSR count). The number of aryl methyl sites for hydroxylation is 1. The van der Waals surface area contributed by atoms with Crippen LogP contribution >= 0.6 is 0 Å². The minimum Gasteiger partial charge on any atom is -0.454 e. The van der Waals surface area contributed by atoms with Gasteiger partial charge in [-0.3, -0.25) is 4.79 Å². The highest BCUT2D eigenvalue weighted by molar-refractivity contribution is 5.95. The van der Waals surface area contributed by atoms with Gasteiger partial charge in [0.05, 0.1) is 6.10 Å². The van der Waals surface area contributed by atoms with Gasteiger partial charge in [0.25, 0.3) is 5.91 Å². The second-order valence-electron chi connectivity index (χ2n) is 6.04. The third kappa shape index (κ3) is 2.92. The van der Waals surface area contributed by atoms with Crippen molar-refractivity contribution in [1.82, 2.24) is 9.88 Å².